The van der Waals surface area contributed by atoms with Gasteiger partial charge < -0.3 is 15.8 Å². The van der Waals surface area contributed by atoms with Crippen molar-refractivity contribution in [3.05, 3.63) is 53.7 Å². The number of benzene rings is 1. The second-order valence-corrected chi connectivity index (χ2v) is 4.83. The molecular formula is C16H21N3O. The molecule has 0 amide bonds. The predicted octanol–water partition coefficient (Wildman–Crippen LogP) is 2.05. The molecule has 106 valence electrons. The van der Waals surface area contributed by atoms with Crippen LogP contribution in [0.2, 0.25) is 0 Å². The summed E-state index contributed by atoms with van der Waals surface area (Å²) in [5.41, 5.74) is 8.17. The highest BCUT2D eigenvalue weighted by molar-refractivity contribution is 5.33. The van der Waals surface area contributed by atoms with Crippen LogP contribution in [-0.4, -0.2) is 25.2 Å². The monoisotopic (exact) mass is 271 g/mol. The molecule has 2 rings (SSSR count). The van der Waals surface area contributed by atoms with Crippen molar-refractivity contribution in [1.29, 1.82) is 0 Å². The number of nitrogens with one attached hydrogen (secondary N) is 1. The van der Waals surface area contributed by atoms with Crippen LogP contribution in [0.25, 0.3) is 0 Å². The molecule has 4 nitrogen and oxygen atoms in total. The summed E-state index contributed by atoms with van der Waals surface area (Å²) in [5.74, 6) is 1.46. The van der Waals surface area contributed by atoms with Gasteiger partial charge in [-0.2, -0.15) is 0 Å². The van der Waals surface area contributed by atoms with Crippen molar-refractivity contribution in [2.45, 2.75) is 18.9 Å². The molecule has 0 radical (unpaired) electrons. The molecule has 1 unspecified atom stereocenters. The van der Waals surface area contributed by atoms with Crippen LogP contribution < -0.4 is 15.8 Å². The quantitative estimate of drug-likeness (QED) is 0.844. The van der Waals surface area contributed by atoms with Gasteiger partial charge in [0, 0.05) is 12.2 Å². The summed E-state index contributed by atoms with van der Waals surface area (Å²) in [7, 11) is 3.67. The fourth-order valence-electron chi connectivity index (χ4n) is 2.27. The van der Waals surface area contributed by atoms with Gasteiger partial charge >= 0.3 is 0 Å². The lowest BCUT2D eigenvalue weighted by molar-refractivity contribution is 0.414. The Morgan fingerprint density at radius 1 is 1.20 bits per heavy atom. The highest BCUT2D eigenvalue weighted by Crippen LogP contribution is 2.15. The minimum absolute atomic E-state index is 0.351. The number of anilines is 1. The first-order valence-electron chi connectivity index (χ1n) is 6.72. The van der Waals surface area contributed by atoms with E-state index in [0.29, 0.717) is 11.9 Å². The van der Waals surface area contributed by atoms with E-state index in [-0.39, 0.29) is 0 Å². The van der Waals surface area contributed by atoms with Gasteiger partial charge in [0.05, 0.1) is 7.11 Å². The highest BCUT2D eigenvalue weighted by Gasteiger charge is 2.09. The lowest BCUT2D eigenvalue weighted by Gasteiger charge is -2.17. The summed E-state index contributed by atoms with van der Waals surface area (Å²) in [6, 6.07) is 12.5. The number of hydrogen-bond donors (Lipinski definition) is 2. The van der Waals surface area contributed by atoms with Gasteiger partial charge in [0.1, 0.15) is 11.6 Å². The lowest BCUT2D eigenvalue weighted by atomic mass is 9.99. The number of nitrogen functional groups attached to an aromatic ring is 1. The fraction of sp³-hybridized carbons (Fsp3) is 0.312. The first-order valence-corrected chi connectivity index (χ1v) is 6.72. The molecular weight excluding hydrogens is 250 g/mol. The third-order valence-electron chi connectivity index (χ3n) is 3.35. The largest absolute Gasteiger partial charge is 0.497 e. The van der Waals surface area contributed by atoms with Crippen LogP contribution in [0.4, 0.5) is 5.82 Å². The summed E-state index contributed by atoms with van der Waals surface area (Å²) in [4.78, 5) is 4.02. The second-order valence-electron chi connectivity index (χ2n) is 4.83. The number of pyridine rings is 1. The maximum absolute atomic E-state index is 5.72. The summed E-state index contributed by atoms with van der Waals surface area (Å²) in [5, 5.41) is 3.35. The molecule has 1 aromatic carbocycles. The van der Waals surface area contributed by atoms with Gasteiger partial charge in [-0.1, -0.05) is 12.1 Å². The minimum Gasteiger partial charge on any atom is -0.497 e. The Kier molecular flexibility index (Phi) is 4.96. The van der Waals surface area contributed by atoms with Crippen molar-refractivity contribution in [2.75, 3.05) is 19.9 Å². The normalized spacial score (nSPS) is 12.1. The van der Waals surface area contributed by atoms with Gasteiger partial charge in [-0.3, -0.25) is 0 Å². The topological polar surface area (TPSA) is 60.2 Å². The molecule has 0 aliphatic rings. The number of ether oxygens (including phenoxy) is 1. The van der Waals surface area contributed by atoms with Crippen LogP contribution in [0, 0.1) is 0 Å². The number of methoxy groups -OCH3 is 1. The van der Waals surface area contributed by atoms with Crippen molar-refractivity contribution in [3.8, 4) is 5.75 Å². The average Bonchev–Trinajstić information content (AvgIpc) is 2.47. The fourth-order valence-corrected chi connectivity index (χ4v) is 2.27. The molecule has 0 bridgehead atoms. The van der Waals surface area contributed by atoms with E-state index in [1.165, 1.54) is 11.1 Å². The van der Waals surface area contributed by atoms with Gasteiger partial charge in [-0.25, -0.2) is 4.98 Å². The summed E-state index contributed by atoms with van der Waals surface area (Å²) in [6.45, 7) is 0. The van der Waals surface area contributed by atoms with E-state index in [1.54, 1.807) is 13.3 Å². The SMILES string of the molecule is CNC(Cc1cccc(OC)c1)Cc1ccnc(N)c1. The Bertz CT molecular complexity index is 557. The van der Waals surface area contributed by atoms with Gasteiger partial charge in [-0.05, 0) is 55.3 Å². The van der Waals surface area contributed by atoms with E-state index in [2.05, 4.69) is 22.4 Å². The number of nitrogens with two attached hydrogens (primary N) is 1. The average molecular weight is 271 g/mol. The van der Waals surface area contributed by atoms with Gasteiger partial charge in [0.25, 0.3) is 0 Å². The predicted molar refractivity (Wildman–Crippen MR) is 81.9 cm³/mol. The van der Waals surface area contributed by atoms with Crippen LogP contribution >= 0.6 is 0 Å². The van der Waals surface area contributed by atoms with Gasteiger partial charge in [0.15, 0.2) is 0 Å². The Morgan fingerprint density at radius 2 is 1.95 bits per heavy atom. The maximum atomic E-state index is 5.72. The zero-order valence-corrected chi connectivity index (χ0v) is 12.0. The molecule has 2 aromatic rings. The van der Waals surface area contributed by atoms with Crippen LogP contribution in [0.15, 0.2) is 42.6 Å². The first-order chi connectivity index (χ1) is 9.71. The Labute approximate surface area is 120 Å². The number of nitrogens with zero attached hydrogens (tertiary/aromatic N) is 1. The molecule has 0 aliphatic heterocycles. The zero-order valence-electron chi connectivity index (χ0n) is 12.0. The third kappa shape index (κ3) is 3.96. The summed E-state index contributed by atoms with van der Waals surface area (Å²) >= 11 is 0. The Balaban J connectivity index is 2.05. The highest BCUT2D eigenvalue weighted by atomic mass is 16.5. The van der Waals surface area contributed by atoms with Gasteiger partial charge in [0.2, 0.25) is 0 Å². The van der Waals surface area contributed by atoms with Crippen LogP contribution in [0.1, 0.15) is 11.1 Å². The standard InChI is InChI=1S/C16H21N3O/c1-18-14(9-13-6-7-19-16(17)11-13)8-12-4-3-5-15(10-12)20-2/h3-7,10-11,14,18H,8-9H2,1-2H3,(H2,17,19). The Hall–Kier alpha value is -2.07. The van der Waals surface area contributed by atoms with Crippen LogP contribution in [0.3, 0.4) is 0 Å². The first kappa shape index (κ1) is 14.3. The smallest absolute Gasteiger partial charge is 0.123 e. The second kappa shape index (κ2) is 6.91. The third-order valence-corrected chi connectivity index (χ3v) is 3.35. The number of aromatic nitrogens is 1. The van der Waals surface area contributed by atoms with E-state index >= 15 is 0 Å². The van der Waals surface area contributed by atoms with Crippen LogP contribution in [0.5, 0.6) is 5.75 Å². The molecule has 0 spiro atoms. The number of likely N-dealkylation sites (N-methyl/N-ethyl adjacent to an activating group) is 1. The zero-order chi connectivity index (χ0) is 14.4. The molecule has 1 aromatic heterocycles. The molecule has 3 N–H and O–H groups in total. The van der Waals surface area contributed by atoms with E-state index in [0.717, 1.165) is 18.6 Å². The van der Waals surface area contributed by atoms with Crippen LogP contribution in [-0.2, 0) is 12.8 Å². The maximum Gasteiger partial charge on any atom is 0.123 e. The van der Waals surface area contributed by atoms with E-state index in [4.69, 9.17) is 10.5 Å². The molecule has 0 saturated carbocycles. The number of rotatable bonds is 6. The van der Waals surface area contributed by atoms with Crippen molar-refractivity contribution in [1.82, 2.24) is 10.3 Å². The number of hydrogen-bond acceptors (Lipinski definition) is 4. The van der Waals surface area contributed by atoms with Crippen molar-refractivity contribution < 1.29 is 4.74 Å². The van der Waals surface area contributed by atoms with Crippen molar-refractivity contribution >= 4 is 5.82 Å². The molecule has 1 atom stereocenters. The molecule has 1 heterocycles. The summed E-state index contributed by atoms with van der Waals surface area (Å²) in [6.07, 6.45) is 3.61. The van der Waals surface area contributed by atoms with Crippen molar-refractivity contribution in [2.24, 2.45) is 0 Å². The van der Waals surface area contributed by atoms with E-state index < -0.39 is 0 Å². The molecule has 4 heteroatoms. The molecule has 0 aliphatic carbocycles. The van der Waals surface area contributed by atoms with E-state index in [9.17, 15) is 0 Å². The summed E-state index contributed by atoms with van der Waals surface area (Å²) < 4.78 is 5.26. The van der Waals surface area contributed by atoms with Crippen molar-refractivity contribution in [3.63, 3.8) is 0 Å². The molecule has 0 fully saturated rings. The minimum atomic E-state index is 0.351. The molecule has 0 saturated heterocycles. The lowest BCUT2D eigenvalue weighted by Crippen LogP contribution is -2.29. The Morgan fingerprint density at radius 3 is 2.60 bits per heavy atom. The van der Waals surface area contributed by atoms with Gasteiger partial charge in [-0.15, -0.1) is 0 Å². The van der Waals surface area contributed by atoms with E-state index in [1.807, 2.05) is 31.3 Å². The molecule has 20 heavy (non-hydrogen) atoms.